The van der Waals surface area contributed by atoms with E-state index in [-0.39, 0.29) is 18.4 Å². The molecule has 0 unspecified atom stereocenters. The van der Waals surface area contributed by atoms with E-state index in [1.165, 1.54) is 0 Å². The van der Waals surface area contributed by atoms with Crippen molar-refractivity contribution in [3.8, 4) is 0 Å². The summed E-state index contributed by atoms with van der Waals surface area (Å²) in [6.07, 6.45) is 20.0. The molecule has 40 heavy (non-hydrogen) atoms. The van der Waals surface area contributed by atoms with Crippen LogP contribution in [0.25, 0.3) is 12.2 Å². The molecule has 0 radical (unpaired) electrons. The van der Waals surface area contributed by atoms with Gasteiger partial charge in [0.15, 0.2) is 5.82 Å². The minimum atomic E-state index is -0.250. The molecule has 8 nitrogen and oxygen atoms in total. The van der Waals surface area contributed by atoms with Gasteiger partial charge in [0.1, 0.15) is 6.54 Å². The topological polar surface area (TPSA) is 82.8 Å². The van der Waals surface area contributed by atoms with Gasteiger partial charge in [-0.25, -0.2) is 4.98 Å². The van der Waals surface area contributed by atoms with Crippen molar-refractivity contribution in [1.82, 2.24) is 24.7 Å². The Kier molecular flexibility index (Phi) is 21.0. The van der Waals surface area contributed by atoms with Crippen LogP contribution >= 0.6 is 0 Å². The lowest BCUT2D eigenvalue weighted by molar-refractivity contribution is -0.131. The minimum absolute atomic E-state index is 0.0173. The summed E-state index contributed by atoms with van der Waals surface area (Å²) in [6.45, 7) is 22.6. The molecule has 1 rings (SSSR count). The molecule has 1 N–H and O–H groups in total. The van der Waals surface area contributed by atoms with E-state index in [1.54, 1.807) is 41.3 Å². The summed E-state index contributed by atoms with van der Waals surface area (Å²) in [4.78, 5) is 38.4. The molecule has 0 aliphatic rings. The van der Waals surface area contributed by atoms with Crippen LogP contribution in [0.4, 0.5) is 0 Å². The van der Waals surface area contributed by atoms with Gasteiger partial charge in [-0.05, 0) is 52.0 Å². The predicted molar refractivity (Wildman–Crippen MR) is 172 cm³/mol. The van der Waals surface area contributed by atoms with Gasteiger partial charge in [0.2, 0.25) is 5.91 Å². The molecule has 0 aliphatic heterocycles. The lowest BCUT2D eigenvalue weighted by Gasteiger charge is -2.27. The molecular weight excluding hydrogens is 500 g/mol. The lowest BCUT2D eigenvalue weighted by atomic mass is 10.2. The van der Waals surface area contributed by atoms with Crippen LogP contribution in [0.2, 0.25) is 0 Å². The van der Waals surface area contributed by atoms with Crippen molar-refractivity contribution < 1.29 is 9.59 Å². The molecule has 0 aromatic carbocycles. The number of likely N-dealkylation sites (N-methyl/N-ethyl adjacent to an activating group) is 1. The van der Waals surface area contributed by atoms with E-state index < -0.39 is 0 Å². The largest absolute Gasteiger partial charge is 0.340 e. The predicted octanol–water partition coefficient (Wildman–Crippen LogP) is 5.43. The van der Waals surface area contributed by atoms with Gasteiger partial charge < -0.3 is 24.7 Å². The highest BCUT2D eigenvalue weighted by molar-refractivity contribution is 5.94. The zero-order valence-electron chi connectivity index (χ0n) is 25.3. The Morgan fingerprint density at radius 1 is 1.07 bits per heavy atom. The number of imidazole rings is 1. The first-order chi connectivity index (χ1) is 19.4. The average molecular weight is 551 g/mol. The quantitative estimate of drug-likeness (QED) is 0.114. The number of aromatic nitrogens is 2. The number of aliphatic imine (C=N–C) groups is 1. The number of hydrogen-bond donors (Lipinski definition) is 1. The molecule has 220 valence electrons. The van der Waals surface area contributed by atoms with Crippen molar-refractivity contribution in [2.24, 2.45) is 4.99 Å². The third-order valence-electron chi connectivity index (χ3n) is 5.70. The Bertz CT molecular complexity index is 1030. The first-order valence-electron chi connectivity index (χ1n) is 14.0. The van der Waals surface area contributed by atoms with Crippen LogP contribution in [0.15, 0.2) is 67.3 Å². The van der Waals surface area contributed by atoms with Crippen LogP contribution in [0.1, 0.15) is 62.5 Å². The van der Waals surface area contributed by atoms with Gasteiger partial charge in [-0.1, -0.05) is 62.6 Å². The van der Waals surface area contributed by atoms with Crippen molar-refractivity contribution in [2.75, 3.05) is 46.3 Å². The average Bonchev–Trinajstić information content (AvgIpc) is 3.31. The van der Waals surface area contributed by atoms with Gasteiger partial charge in [0, 0.05) is 46.3 Å². The van der Waals surface area contributed by atoms with Crippen molar-refractivity contribution >= 4 is 30.2 Å². The van der Waals surface area contributed by atoms with E-state index in [9.17, 15) is 9.59 Å². The van der Waals surface area contributed by atoms with Gasteiger partial charge in [-0.3, -0.25) is 9.59 Å². The SMILES string of the molecule is C=C/C=C\C=C/CCn1c(C(=O)N(CCC)CC(=O)N(CC)CCNCC=C)nc(C=C)c1/C=C\C.CC=NC. The molecule has 0 saturated carbocycles. The lowest BCUT2D eigenvalue weighted by Crippen LogP contribution is -2.45. The number of nitrogens with zero attached hydrogens (tertiary/aromatic N) is 5. The number of amides is 2. The highest BCUT2D eigenvalue weighted by Gasteiger charge is 2.26. The number of hydrogen-bond acceptors (Lipinski definition) is 5. The summed E-state index contributed by atoms with van der Waals surface area (Å²) in [5.41, 5.74) is 1.48. The van der Waals surface area contributed by atoms with E-state index in [2.05, 4.69) is 35.0 Å². The molecule has 8 heteroatoms. The maximum absolute atomic E-state index is 13.7. The van der Waals surface area contributed by atoms with Gasteiger partial charge in [0.05, 0.1) is 11.4 Å². The highest BCUT2D eigenvalue weighted by atomic mass is 16.2. The third kappa shape index (κ3) is 13.3. The van der Waals surface area contributed by atoms with Crippen LogP contribution < -0.4 is 5.32 Å². The Hall–Kier alpha value is -3.78. The first-order valence-corrected chi connectivity index (χ1v) is 14.0. The van der Waals surface area contributed by atoms with E-state index in [0.717, 1.165) is 12.1 Å². The second-order valence-electron chi connectivity index (χ2n) is 8.61. The maximum atomic E-state index is 13.7. The fourth-order valence-corrected chi connectivity index (χ4v) is 3.68. The monoisotopic (exact) mass is 550 g/mol. The molecule has 1 aromatic heterocycles. The van der Waals surface area contributed by atoms with Gasteiger partial charge in [-0.15, -0.1) is 6.58 Å². The Labute approximate surface area is 242 Å². The van der Waals surface area contributed by atoms with Crippen molar-refractivity contribution in [3.05, 3.63) is 79.5 Å². The van der Waals surface area contributed by atoms with Crippen LogP contribution in [-0.2, 0) is 11.3 Å². The zero-order chi connectivity index (χ0) is 30.2. The van der Waals surface area contributed by atoms with Crippen LogP contribution in [0, 0.1) is 0 Å². The standard InChI is InChI=1S/C29H43N5O2.C3H7N/c1-7-13-14-15-16-17-22-34-26(18-8-2)25(11-5)31-28(34)29(36)33(21-10-4)24-27(35)32(12-6)23-20-30-19-9-3;1-3-4-2/h7-9,11,13-16,18,30H,1,3,5,10,12,17,19-24H2,2,4,6H3;3H,1-2H3/b14-13-,16-15-,18-8-;. The van der Waals surface area contributed by atoms with E-state index in [0.29, 0.717) is 57.2 Å². The van der Waals surface area contributed by atoms with Crippen molar-refractivity contribution in [1.29, 1.82) is 0 Å². The maximum Gasteiger partial charge on any atom is 0.290 e. The van der Waals surface area contributed by atoms with Crippen LogP contribution in [-0.4, -0.2) is 83.7 Å². The minimum Gasteiger partial charge on any atom is -0.340 e. The fourth-order valence-electron chi connectivity index (χ4n) is 3.68. The summed E-state index contributed by atoms with van der Waals surface area (Å²) in [6, 6.07) is 0. The van der Waals surface area contributed by atoms with Crippen molar-refractivity contribution in [2.45, 2.75) is 47.1 Å². The number of rotatable bonds is 18. The van der Waals surface area contributed by atoms with E-state index >= 15 is 0 Å². The number of allylic oxidation sites excluding steroid dienone is 6. The van der Waals surface area contributed by atoms with Crippen LogP contribution in [0.3, 0.4) is 0 Å². The first kappa shape index (κ1) is 36.2. The Morgan fingerprint density at radius 2 is 1.80 bits per heavy atom. The molecule has 0 fully saturated rings. The normalized spacial score (nSPS) is 11.2. The molecule has 2 amide bonds. The number of carbonyl (C=O) groups excluding carboxylic acids is 2. The third-order valence-corrected chi connectivity index (χ3v) is 5.70. The number of nitrogens with one attached hydrogen (secondary N) is 1. The molecule has 0 saturated heterocycles. The summed E-state index contributed by atoms with van der Waals surface area (Å²) in [7, 11) is 1.75. The molecule has 1 heterocycles. The summed E-state index contributed by atoms with van der Waals surface area (Å²) >= 11 is 0. The Balaban J connectivity index is 0.00000354. The zero-order valence-corrected chi connectivity index (χ0v) is 25.3. The molecular formula is C32H50N6O2. The van der Waals surface area contributed by atoms with Crippen molar-refractivity contribution in [3.63, 3.8) is 0 Å². The molecule has 0 atom stereocenters. The molecule has 1 aromatic rings. The second kappa shape index (κ2) is 23.1. The van der Waals surface area contributed by atoms with Gasteiger partial charge in [0.25, 0.3) is 5.91 Å². The van der Waals surface area contributed by atoms with E-state index in [4.69, 9.17) is 0 Å². The molecule has 0 bridgehead atoms. The highest BCUT2D eigenvalue weighted by Crippen LogP contribution is 2.18. The molecule has 0 aliphatic carbocycles. The number of carbonyl (C=O) groups is 2. The second-order valence-corrected chi connectivity index (χ2v) is 8.61. The van der Waals surface area contributed by atoms with Gasteiger partial charge >= 0.3 is 0 Å². The van der Waals surface area contributed by atoms with Crippen LogP contribution in [0.5, 0.6) is 0 Å². The summed E-state index contributed by atoms with van der Waals surface area (Å²) in [5, 5.41) is 3.22. The Morgan fingerprint density at radius 3 is 2.35 bits per heavy atom. The van der Waals surface area contributed by atoms with E-state index in [1.807, 2.05) is 68.7 Å². The summed E-state index contributed by atoms with van der Waals surface area (Å²) < 4.78 is 1.92. The fraction of sp³-hybridized carbons (Fsp3) is 0.438. The smallest absolute Gasteiger partial charge is 0.290 e. The van der Waals surface area contributed by atoms with Gasteiger partial charge in [-0.2, -0.15) is 0 Å². The summed E-state index contributed by atoms with van der Waals surface area (Å²) in [5.74, 6) is -0.00206. The molecule has 0 spiro atoms.